The molecule has 0 radical (unpaired) electrons. The number of fused-ring (bicyclic) bond motifs is 2. The van der Waals surface area contributed by atoms with Gasteiger partial charge in [-0.2, -0.15) is 0 Å². The van der Waals surface area contributed by atoms with E-state index in [1.807, 2.05) is 0 Å². The van der Waals surface area contributed by atoms with Crippen LogP contribution in [0.25, 0.3) is 0 Å². The molecule has 84 valence electrons. The summed E-state index contributed by atoms with van der Waals surface area (Å²) in [7, 11) is -3.57. The SMILES string of the molecule is O=S1(=O)Nc2c[nH]cc2COc2c[nH]cc21. The Balaban J connectivity index is 2.17. The highest BCUT2D eigenvalue weighted by atomic mass is 32.2. The number of nitrogens with one attached hydrogen (secondary N) is 3. The van der Waals surface area contributed by atoms with Crippen LogP contribution < -0.4 is 9.46 Å². The van der Waals surface area contributed by atoms with E-state index in [2.05, 4.69) is 14.7 Å². The van der Waals surface area contributed by atoms with Gasteiger partial charge >= 0.3 is 0 Å². The minimum Gasteiger partial charge on any atom is -0.486 e. The predicted molar refractivity (Wildman–Crippen MR) is 56.7 cm³/mol. The Labute approximate surface area is 91.7 Å². The van der Waals surface area contributed by atoms with Gasteiger partial charge in [0.05, 0.1) is 5.69 Å². The molecule has 0 amide bonds. The molecule has 0 saturated carbocycles. The smallest absolute Gasteiger partial charge is 0.267 e. The summed E-state index contributed by atoms with van der Waals surface area (Å²) in [5.41, 5.74) is 1.29. The van der Waals surface area contributed by atoms with Gasteiger partial charge in [-0.05, 0) is 0 Å². The van der Waals surface area contributed by atoms with E-state index in [4.69, 9.17) is 4.74 Å². The van der Waals surface area contributed by atoms with Crippen molar-refractivity contribution in [1.29, 1.82) is 0 Å². The lowest BCUT2D eigenvalue weighted by Gasteiger charge is -2.14. The van der Waals surface area contributed by atoms with Gasteiger partial charge in [0, 0.05) is 30.4 Å². The highest BCUT2D eigenvalue weighted by Crippen LogP contribution is 2.30. The van der Waals surface area contributed by atoms with Gasteiger partial charge in [-0.3, -0.25) is 4.72 Å². The van der Waals surface area contributed by atoms with Crippen LogP contribution in [-0.4, -0.2) is 18.4 Å². The van der Waals surface area contributed by atoms with E-state index in [-0.39, 0.29) is 4.90 Å². The van der Waals surface area contributed by atoms with E-state index in [9.17, 15) is 8.42 Å². The lowest BCUT2D eigenvalue weighted by atomic mass is 10.3. The van der Waals surface area contributed by atoms with Gasteiger partial charge in [-0.15, -0.1) is 0 Å². The first-order chi connectivity index (χ1) is 7.67. The number of rotatable bonds is 0. The number of sulfonamides is 1. The first-order valence-electron chi connectivity index (χ1n) is 4.65. The largest absolute Gasteiger partial charge is 0.486 e. The Bertz CT molecular complexity index is 626. The third kappa shape index (κ3) is 1.28. The summed E-state index contributed by atoms with van der Waals surface area (Å²) in [6, 6.07) is 0. The van der Waals surface area contributed by atoms with Crippen molar-refractivity contribution in [3.05, 3.63) is 30.4 Å². The number of aromatic nitrogens is 2. The molecule has 3 N–H and O–H groups in total. The molecule has 0 atom stereocenters. The number of ether oxygens (including phenoxy) is 1. The van der Waals surface area contributed by atoms with Gasteiger partial charge in [-0.25, -0.2) is 8.42 Å². The molecule has 2 aromatic rings. The third-order valence-electron chi connectivity index (χ3n) is 2.42. The Morgan fingerprint density at radius 2 is 1.94 bits per heavy atom. The molecule has 16 heavy (non-hydrogen) atoms. The topological polar surface area (TPSA) is 87.0 Å². The summed E-state index contributed by atoms with van der Waals surface area (Å²) in [5, 5.41) is 0. The van der Waals surface area contributed by atoms with Crippen LogP contribution in [0.5, 0.6) is 5.75 Å². The maximum Gasteiger partial charge on any atom is 0.267 e. The van der Waals surface area contributed by atoms with Crippen LogP contribution in [-0.2, 0) is 16.6 Å². The van der Waals surface area contributed by atoms with Crippen LogP contribution in [0.15, 0.2) is 29.7 Å². The second kappa shape index (κ2) is 3.05. The zero-order valence-corrected chi connectivity index (χ0v) is 8.97. The Morgan fingerprint density at radius 3 is 2.81 bits per heavy atom. The van der Waals surface area contributed by atoms with Gasteiger partial charge in [-0.1, -0.05) is 0 Å². The normalized spacial score (nSPS) is 17.2. The molecular weight excluding hydrogens is 230 g/mol. The number of hydrogen-bond donors (Lipinski definition) is 3. The summed E-state index contributed by atoms with van der Waals surface area (Å²) in [4.78, 5) is 5.68. The molecule has 3 rings (SSSR count). The summed E-state index contributed by atoms with van der Waals surface area (Å²) in [5.74, 6) is 0.333. The number of anilines is 1. The molecule has 0 unspecified atom stereocenters. The molecule has 0 aromatic carbocycles. The maximum absolute atomic E-state index is 11.9. The van der Waals surface area contributed by atoms with Crippen molar-refractivity contribution < 1.29 is 13.2 Å². The fourth-order valence-electron chi connectivity index (χ4n) is 1.62. The first kappa shape index (κ1) is 9.34. The maximum atomic E-state index is 11.9. The highest BCUT2D eigenvalue weighted by Gasteiger charge is 2.24. The molecule has 6 nitrogen and oxygen atoms in total. The predicted octanol–water partition coefficient (Wildman–Crippen LogP) is 1.04. The number of H-pyrrole nitrogens is 2. The van der Waals surface area contributed by atoms with Crippen molar-refractivity contribution >= 4 is 15.7 Å². The van der Waals surface area contributed by atoms with Crippen molar-refractivity contribution in [2.24, 2.45) is 0 Å². The van der Waals surface area contributed by atoms with Gasteiger partial charge < -0.3 is 14.7 Å². The third-order valence-corrected chi connectivity index (χ3v) is 3.81. The standard InChI is InChI=1S/C9H9N3O3S/c13-16(14)9-4-11-3-8(9)15-5-6-1-10-2-7(6)12-16/h1-4,10-12H,5H2. The lowest BCUT2D eigenvalue weighted by molar-refractivity contribution is 0.299. The molecule has 7 heteroatoms. The summed E-state index contributed by atoms with van der Waals surface area (Å²) in [6.07, 6.45) is 6.21. The van der Waals surface area contributed by atoms with Gasteiger partial charge in [0.15, 0.2) is 5.75 Å². The minimum absolute atomic E-state index is 0.124. The Morgan fingerprint density at radius 1 is 1.12 bits per heavy atom. The van der Waals surface area contributed by atoms with Crippen LogP contribution in [0.1, 0.15) is 5.56 Å². The highest BCUT2D eigenvalue weighted by molar-refractivity contribution is 7.92. The molecule has 0 aliphatic carbocycles. The summed E-state index contributed by atoms with van der Waals surface area (Å²) in [6.45, 7) is 0.326. The Kier molecular flexibility index (Phi) is 1.78. The molecule has 1 aliphatic heterocycles. The molecule has 3 heterocycles. The molecule has 1 aliphatic rings. The zero-order valence-electron chi connectivity index (χ0n) is 8.15. The van der Waals surface area contributed by atoms with Crippen molar-refractivity contribution in [3.8, 4) is 5.75 Å². The summed E-state index contributed by atoms with van der Waals surface area (Å²) >= 11 is 0. The first-order valence-corrected chi connectivity index (χ1v) is 6.13. The van der Waals surface area contributed by atoms with Crippen molar-refractivity contribution in [1.82, 2.24) is 9.97 Å². The van der Waals surface area contributed by atoms with E-state index in [1.54, 1.807) is 12.4 Å². The van der Waals surface area contributed by atoms with E-state index in [0.29, 0.717) is 18.0 Å². The monoisotopic (exact) mass is 239 g/mol. The van der Waals surface area contributed by atoms with Crippen LogP contribution in [0, 0.1) is 0 Å². The van der Waals surface area contributed by atoms with Gasteiger partial charge in [0.2, 0.25) is 0 Å². The van der Waals surface area contributed by atoms with Gasteiger partial charge in [0.1, 0.15) is 11.5 Å². The van der Waals surface area contributed by atoms with Crippen LogP contribution in [0.2, 0.25) is 0 Å². The molecule has 0 spiro atoms. The van der Waals surface area contributed by atoms with E-state index in [0.717, 1.165) is 5.56 Å². The van der Waals surface area contributed by atoms with Crippen LogP contribution in [0.3, 0.4) is 0 Å². The number of hydrogen-bond acceptors (Lipinski definition) is 3. The van der Waals surface area contributed by atoms with Crippen molar-refractivity contribution in [3.63, 3.8) is 0 Å². The second-order valence-corrected chi connectivity index (χ2v) is 5.12. The Hall–Kier alpha value is -1.89. The van der Waals surface area contributed by atoms with Crippen LogP contribution in [0.4, 0.5) is 5.69 Å². The molecule has 0 bridgehead atoms. The average molecular weight is 239 g/mol. The quantitative estimate of drug-likeness (QED) is 0.641. The molecule has 0 saturated heterocycles. The van der Waals surface area contributed by atoms with Crippen molar-refractivity contribution in [2.75, 3.05) is 4.72 Å². The molecule has 2 aromatic heterocycles. The lowest BCUT2D eigenvalue weighted by Crippen LogP contribution is -2.16. The van der Waals surface area contributed by atoms with Crippen LogP contribution >= 0.6 is 0 Å². The summed E-state index contributed by atoms with van der Waals surface area (Å²) < 4.78 is 31.8. The average Bonchev–Trinajstić information content (AvgIpc) is 2.81. The molecular formula is C9H9N3O3S. The van der Waals surface area contributed by atoms with E-state index in [1.165, 1.54) is 12.4 Å². The second-order valence-electron chi connectivity index (χ2n) is 3.47. The number of aromatic amines is 2. The van der Waals surface area contributed by atoms with E-state index < -0.39 is 10.0 Å². The fraction of sp³-hybridized carbons (Fsp3) is 0.111. The molecule has 0 fully saturated rings. The minimum atomic E-state index is -3.57. The fourth-order valence-corrected chi connectivity index (χ4v) is 2.82. The van der Waals surface area contributed by atoms with E-state index >= 15 is 0 Å². The zero-order chi connectivity index (χ0) is 11.2. The van der Waals surface area contributed by atoms with Gasteiger partial charge in [0.25, 0.3) is 10.0 Å². The van der Waals surface area contributed by atoms with Crippen molar-refractivity contribution in [2.45, 2.75) is 11.5 Å².